The summed E-state index contributed by atoms with van der Waals surface area (Å²) in [6.07, 6.45) is 4.18. The zero-order valence-corrected chi connectivity index (χ0v) is 9.71. The van der Waals surface area contributed by atoms with Gasteiger partial charge in [0, 0.05) is 16.1 Å². The molecule has 0 fully saturated rings. The standard InChI is InChI=1S/C12H12BrN/c1-2-3-9-6-7-14-12-5-4-10(13)8-11(9)12/h4-8H,2-3H2,1H3. The summed E-state index contributed by atoms with van der Waals surface area (Å²) in [5.74, 6) is 0. The Hall–Kier alpha value is -0.890. The second kappa shape index (κ2) is 4.09. The second-order valence-electron chi connectivity index (χ2n) is 3.38. The Morgan fingerprint density at radius 1 is 1.29 bits per heavy atom. The Kier molecular flexibility index (Phi) is 2.82. The number of aromatic nitrogens is 1. The summed E-state index contributed by atoms with van der Waals surface area (Å²) in [4.78, 5) is 4.34. The quantitative estimate of drug-likeness (QED) is 0.786. The highest BCUT2D eigenvalue weighted by molar-refractivity contribution is 9.10. The fourth-order valence-electron chi connectivity index (χ4n) is 1.66. The van der Waals surface area contributed by atoms with Crippen LogP contribution >= 0.6 is 15.9 Å². The number of benzene rings is 1. The molecule has 2 aromatic rings. The minimum absolute atomic E-state index is 1.08. The molecule has 72 valence electrons. The van der Waals surface area contributed by atoms with E-state index in [9.17, 15) is 0 Å². The van der Waals surface area contributed by atoms with E-state index in [0.717, 1.165) is 16.4 Å². The van der Waals surface area contributed by atoms with Gasteiger partial charge in [0.1, 0.15) is 0 Å². The third-order valence-electron chi connectivity index (χ3n) is 2.31. The summed E-state index contributed by atoms with van der Waals surface area (Å²) in [7, 11) is 0. The van der Waals surface area contributed by atoms with Crippen LogP contribution in [0.1, 0.15) is 18.9 Å². The van der Waals surface area contributed by atoms with Gasteiger partial charge in [-0.05, 0) is 36.2 Å². The van der Waals surface area contributed by atoms with Crippen molar-refractivity contribution in [3.8, 4) is 0 Å². The van der Waals surface area contributed by atoms with Gasteiger partial charge in [-0.1, -0.05) is 29.3 Å². The van der Waals surface area contributed by atoms with E-state index in [1.807, 2.05) is 12.3 Å². The van der Waals surface area contributed by atoms with Crippen LogP contribution in [0.4, 0.5) is 0 Å². The Morgan fingerprint density at radius 2 is 2.14 bits per heavy atom. The predicted molar refractivity (Wildman–Crippen MR) is 63.4 cm³/mol. The summed E-state index contributed by atoms with van der Waals surface area (Å²) in [5.41, 5.74) is 2.47. The molecule has 1 heterocycles. The molecular weight excluding hydrogens is 238 g/mol. The van der Waals surface area contributed by atoms with Crippen LogP contribution in [0, 0.1) is 0 Å². The van der Waals surface area contributed by atoms with E-state index in [0.29, 0.717) is 0 Å². The van der Waals surface area contributed by atoms with Crippen molar-refractivity contribution in [1.29, 1.82) is 0 Å². The van der Waals surface area contributed by atoms with Crippen molar-refractivity contribution in [3.63, 3.8) is 0 Å². The Labute approximate surface area is 92.3 Å². The summed E-state index contributed by atoms with van der Waals surface area (Å²) >= 11 is 3.49. The largest absolute Gasteiger partial charge is 0.256 e. The average Bonchev–Trinajstić information content (AvgIpc) is 2.19. The first-order chi connectivity index (χ1) is 6.81. The van der Waals surface area contributed by atoms with Gasteiger partial charge in [-0.15, -0.1) is 0 Å². The molecule has 1 aromatic heterocycles. The SMILES string of the molecule is CCCc1ccnc2ccc(Br)cc12. The molecule has 0 unspecified atom stereocenters. The molecule has 2 rings (SSSR count). The van der Waals surface area contributed by atoms with Crippen LogP contribution in [0.5, 0.6) is 0 Å². The van der Waals surface area contributed by atoms with Gasteiger partial charge in [-0.2, -0.15) is 0 Å². The fraction of sp³-hybridized carbons (Fsp3) is 0.250. The van der Waals surface area contributed by atoms with Gasteiger partial charge in [0.2, 0.25) is 0 Å². The van der Waals surface area contributed by atoms with Gasteiger partial charge in [0.05, 0.1) is 5.52 Å². The maximum absolute atomic E-state index is 4.34. The molecule has 0 spiro atoms. The third-order valence-corrected chi connectivity index (χ3v) is 2.81. The minimum atomic E-state index is 1.08. The maximum Gasteiger partial charge on any atom is 0.0705 e. The first-order valence-corrected chi connectivity index (χ1v) is 5.63. The zero-order chi connectivity index (χ0) is 9.97. The molecule has 14 heavy (non-hydrogen) atoms. The van der Waals surface area contributed by atoms with Crippen LogP contribution < -0.4 is 0 Å². The first-order valence-electron chi connectivity index (χ1n) is 4.84. The van der Waals surface area contributed by atoms with E-state index >= 15 is 0 Å². The molecule has 0 aliphatic rings. The normalized spacial score (nSPS) is 10.7. The molecule has 0 amide bonds. The van der Waals surface area contributed by atoms with E-state index < -0.39 is 0 Å². The van der Waals surface area contributed by atoms with Crippen molar-refractivity contribution < 1.29 is 0 Å². The molecule has 0 N–H and O–H groups in total. The molecule has 2 heteroatoms. The van der Waals surface area contributed by atoms with E-state index in [2.05, 4.69) is 46.0 Å². The zero-order valence-electron chi connectivity index (χ0n) is 8.13. The van der Waals surface area contributed by atoms with Gasteiger partial charge in [-0.3, -0.25) is 4.98 Å². The third kappa shape index (κ3) is 1.80. The Bertz CT molecular complexity index is 451. The van der Waals surface area contributed by atoms with E-state index in [-0.39, 0.29) is 0 Å². The van der Waals surface area contributed by atoms with Crippen molar-refractivity contribution >= 4 is 26.8 Å². The maximum atomic E-state index is 4.34. The topological polar surface area (TPSA) is 12.9 Å². The highest BCUT2D eigenvalue weighted by atomic mass is 79.9. The summed E-state index contributed by atoms with van der Waals surface area (Å²) in [6, 6.07) is 8.34. The van der Waals surface area contributed by atoms with Crippen molar-refractivity contribution in [3.05, 3.63) is 40.5 Å². The van der Waals surface area contributed by atoms with Crippen LogP contribution in [0.2, 0.25) is 0 Å². The highest BCUT2D eigenvalue weighted by Gasteiger charge is 2.01. The second-order valence-corrected chi connectivity index (χ2v) is 4.30. The van der Waals surface area contributed by atoms with Gasteiger partial charge < -0.3 is 0 Å². The van der Waals surface area contributed by atoms with Crippen molar-refractivity contribution in [2.24, 2.45) is 0 Å². The number of hydrogen-bond acceptors (Lipinski definition) is 1. The highest BCUT2D eigenvalue weighted by Crippen LogP contribution is 2.22. The molecular formula is C12H12BrN. The summed E-state index contributed by atoms with van der Waals surface area (Å²) < 4.78 is 1.12. The molecule has 0 aliphatic heterocycles. The number of halogens is 1. The predicted octanol–water partition coefficient (Wildman–Crippen LogP) is 3.95. The van der Waals surface area contributed by atoms with Crippen LogP contribution in [0.25, 0.3) is 10.9 Å². The van der Waals surface area contributed by atoms with Crippen LogP contribution in [-0.2, 0) is 6.42 Å². The average molecular weight is 250 g/mol. The molecule has 0 atom stereocenters. The number of aryl methyl sites for hydroxylation is 1. The number of hydrogen-bond donors (Lipinski definition) is 0. The lowest BCUT2D eigenvalue weighted by Gasteiger charge is -2.04. The monoisotopic (exact) mass is 249 g/mol. The molecule has 0 radical (unpaired) electrons. The smallest absolute Gasteiger partial charge is 0.0705 e. The number of pyridine rings is 1. The van der Waals surface area contributed by atoms with Crippen LogP contribution in [-0.4, -0.2) is 4.98 Å². The summed E-state index contributed by atoms with van der Waals surface area (Å²) in [6.45, 7) is 2.20. The first kappa shape index (κ1) is 9.66. The number of fused-ring (bicyclic) bond motifs is 1. The van der Waals surface area contributed by atoms with Crippen LogP contribution in [0.3, 0.4) is 0 Å². The van der Waals surface area contributed by atoms with Gasteiger partial charge >= 0.3 is 0 Å². The molecule has 1 aromatic carbocycles. The molecule has 0 saturated heterocycles. The lowest BCUT2D eigenvalue weighted by Crippen LogP contribution is -1.87. The van der Waals surface area contributed by atoms with Gasteiger partial charge in [-0.25, -0.2) is 0 Å². The Morgan fingerprint density at radius 3 is 2.93 bits per heavy atom. The van der Waals surface area contributed by atoms with E-state index in [1.165, 1.54) is 17.4 Å². The molecule has 0 aliphatic carbocycles. The minimum Gasteiger partial charge on any atom is -0.256 e. The number of nitrogens with zero attached hydrogens (tertiary/aromatic N) is 1. The summed E-state index contributed by atoms with van der Waals surface area (Å²) in [5, 5.41) is 1.27. The van der Waals surface area contributed by atoms with Gasteiger partial charge in [0.15, 0.2) is 0 Å². The molecule has 0 saturated carbocycles. The van der Waals surface area contributed by atoms with E-state index in [1.54, 1.807) is 0 Å². The van der Waals surface area contributed by atoms with Crippen LogP contribution in [0.15, 0.2) is 34.9 Å². The van der Waals surface area contributed by atoms with Gasteiger partial charge in [0.25, 0.3) is 0 Å². The van der Waals surface area contributed by atoms with Crippen molar-refractivity contribution in [1.82, 2.24) is 4.98 Å². The molecule has 0 bridgehead atoms. The Balaban J connectivity index is 2.64. The van der Waals surface area contributed by atoms with Crippen molar-refractivity contribution in [2.75, 3.05) is 0 Å². The number of rotatable bonds is 2. The lowest BCUT2D eigenvalue weighted by atomic mass is 10.1. The fourth-order valence-corrected chi connectivity index (χ4v) is 2.02. The van der Waals surface area contributed by atoms with Crippen molar-refractivity contribution in [2.45, 2.75) is 19.8 Å². The molecule has 1 nitrogen and oxygen atoms in total. The van der Waals surface area contributed by atoms with E-state index in [4.69, 9.17) is 0 Å². The lowest BCUT2D eigenvalue weighted by molar-refractivity contribution is 0.927.